The Morgan fingerprint density at radius 1 is 1.33 bits per heavy atom. The number of rotatable bonds is 4. The van der Waals surface area contributed by atoms with E-state index in [1.807, 2.05) is 12.1 Å². The molecule has 0 fully saturated rings. The number of H-pyrrole nitrogens is 1. The molecule has 0 unspecified atom stereocenters. The zero-order valence-electron chi connectivity index (χ0n) is 14.0. The Morgan fingerprint density at radius 2 is 2.12 bits per heavy atom. The Morgan fingerprint density at radius 3 is 2.83 bits per heavy atom. The third-order valence-corrected chi connectivity index (χ3v) is 4.64. The van der Waals surface area contributed by atoms with Gasteiger partial charge in [-0.25, -0.2) is 4.98 Å². The first-order valence-electron chi connectivity index (χ1n) is 7.74. The minimum atomic E-state index is -0.0550. The van der Waals surface area contributed by atoms with Crippen LogP contribution in [0.4, 0.5) is 0 Å². The Hall–Kier alpha value is -2.05. The Bertz CT molecular complexity index is 819. The van der Waals surface area contributed by atoms with Crippen LogP contribution in [-0.4, -0.2) is 35.6 Å². The molecule has 1 aromatic carbocycles. The number of methoxy groups -OCH3 is 2. The summed E-state index contributed by atoms with van der Waals surface area (Å²) in [5.41, 5.74) is 2.52. The smallest absolute Gasteiger partial charge is 0.255 e. The third-order valence-electron chi connectivity index (χ3n) is 4.23. The molecule has 1 N–H and O–H groups in total. The number of aromatic nitrogens is 2. The molecule has 0 amide bonds. The molecular weight excluding hydrogens is 330 g/mol. The van der Waals surface area contributed by atoms with E-state index < -0.39 is 0 Å². The highest BCUT2D eigenvalue weighted by Gasteiger charge is 2.22. The van der Waals surface area contributed by atoms with Crippen LogP contribution in [0, 0.1) is 6.92 Å². The van der Waals surface area contributed by atoms with Crippen LogP contribution in [-0.2, 0) is 19.5 Å². The van der Waals surface area contributed by atoms with Gasteiger partial charge < -0.3 is 14.5 Å². The minimum absolute atomic E-state index is 0.0550. The van der Waals surface area contributed by atoms with Crippen LogP contribution in [0.2, 0.25) is 5.02 Å². The molecule has 0 saturated heterocycles. The number of ether oxygens (including phenoxy) is 2. The molecule has 128 valence electrons. The summed E-state index contributed by atoms with van der Waals surface area (Å²) in [7, 11) is 3.15. The number of hydrogen-bond donors (Lipinski definition) is 1. The van der Waals surface area contributed by atoms with Gasteiger partial charge in [0.25, 0.3) is 5.56 Å². The maximum atomic E-state index is 12.1. The molecule has 0 saturated carbocycles. The summed E-state index contributed by atoms with van der Waals surface area (Å²) in [6.07, 6.45) is 0.755. The monoisotopic (exact) mass is 349 g/mol. The topological polar surface area (TPSA) is 67.5 Å². The van der Waals surface area contributed by atoms with Gasteiger partial charge >= 0.3 is 0 Å². The van der Waals surface area contributed by atoms with Gasteiger partial charge in [-0.1, -0.05) is 17.7 Å². The third kappa shape index (κ3) is 3.12. The zero-order chi connectivity index (χ0) is 17.3. The van der Waals surface area contributed by atoms with Crippen LogP contribution in [0.5, 0.6) is 11.5 Å². The second-order valence-electron chi connectivity index (χ2n) is 5.81. The summed E-state index contributed by atoms with van der Waals surface area (Å²) in [6, 6.07) is 3.77. The summed E-state index contributed by atoms with van der Waals surface area (Å²) >= 11 is 6.45. The van der Waals surface area contributed by atoms with Crippen molar-refractivity contribution in [2.75, 3.05) is 20.8 Å². The van der Waals surface area contributed by atoms with E-state index in [-0.39, 0.29) is 5.56 Å². The Kier molecular flexibility index (Phi) is 4.78. The first-order chi connectivity index (χ1) is 11.5. The highest BCUT2D eigenvalue weighted by molar-refractivity contribution is 6.33. The maximum Gasteiger partial charge on any atom is 0.255 e. The lowest BCUT2D eigenvalue weighted by Gasteiger charge is -2.28. The largest absolute Gasteiger partial charge is 0.493 e. The Balaban J connectivity index is 1.84. The van der Waals surface area contributed by atoms with Crippen molar-refractivity contribution in [3.05, 3.63) is 50.2 Å². The van der Waals surface area contributed by atoms with Crippen LogP contribution in [0.15, 0.2) is 16.9 Å². The predicted molar refractivity (Wildman–Crippen MR) is 92.0 cm³/mol. The van der Waals surface area contributed by atoms with Crippen molar-refractivity contribution in [3.8, 4) is 11.5 Å². The Labute approximate surface area is 145 Å². The van der Waals surface area contributed by atoms with E-state index in [1.54, 1.807) is 21.1 Å². The van der Waals surface area contributed by atoms with Crippen molar-refractivity contribution in [3.63, 3.8) is 0 Å². The van der Waals surface area contributed by atoms with Gasteiger partial charge in [0.15, 0.2) is 11.5 Å². The number of aryl methyl sites for hydroxylation is 1. The molecule has 0 atom stereocenters. The standard InChI is InChI=1S/C17H20ClN3O3/c1-10-19-13-6-7-21(9-12(13)17(22)20-10)8-11-4-5-14(23-2)16(24-3)15(11)18/h4-5H,6-9H2,1-3H3,(H,19,20,22). The van der Waals surface area contributed by atoms with Crippen molar-refractivity contribution in [1.82, 2.24) is 14.9 Å². The molecule has 1 aliphatic rings. The first-order valence-corrected chi connectivity index (χ1v) is 8.11. The lowest BCUT2D eigenvalue weighted by Crippen LogP contribution is -2.35. The van der Waals surface area contributed by atoms with E-state index in [0.717, 1.165) is 29.8 Å². The fourth-order valence-electron chi connectivity index (χ4n) is 3.03. The van der Waals surface area contributed by atoms with E-state index >= 15 is 0 Å². The average molecular weight is 350 g/mol. The van der Waals surface area contributed by atoms with Crippen molar-refractivity contribution in [2.45, 2.75) is 26.4 Å². The van der Waals surface area contributed by atoms with Gasteiger partial charge in [0.1, 0.15) is 5.82 Å². The number of aromatic amines is 1. The second-order valence-corrected chi connectivity index (χ2v) is 6.19. The molecule has 3 rings (SSSR count). The zero-order valence-corrected chi connectivity index (χ0v) is 14.7. The van der Waals surface area contributed by atoms with Crippen LogP contribution in [0.1, 0.15) is 22.6 Å². The average Bonchev–Trinajstić information content (AvgIpc) is 2.56. The van der Waals surface area contributed by atoms with Gasteiger partial charge in [0.05, 0.1) is 30.5 Å². The van der Waals surface area contributed by atoms with Crippen LogP contribution in [0.25, 0.3) is 0 Å². The lowest BCUT2D eigenvalue weighted by molar-refractivity contribution is 0.241. The molecule has 0 radical (unpaired) electrons. The van der Waals surface area contributed by atoms with Crippen LogP contribution < -0.4 is 15.0 Å². The summed E-state index contributed by atoms with van der Waals surface area (Å²) in [4.78, 5) is 21.5. The molecule has 0 bridgehead atoms. The number of hydrogen-bond acceptors (Lipinski definition) is 5. The lowest BCUT2D eigenvalue weighted by atomic mass is 10.1. The number of nitrogens with zero attached hydrogens (tertiary/aromatic N) is 2. The second kappa shape index (κ2) is 6.83. The fraction of sp³-hybridized carbons (Fsp3) is 0.412. The number of halogens is 1. The SMILES string of the molecule is COc1ccc(CN2CCc3nc(C)[nH]c(=O)c3C2)c(Cl)c1OC. The summed E-state index contributed by atoms with van der Waals surface area (Å²) in [5.74, 6) is 1.80. The summed E-state index contributed by atoms with van der Waals surface area (Å²) in [5, 5.41) is 0.540. The van der Waals surface area contributed by atoms with Crippen molar-refractivity contribution < 1.29 is 9.47 Å². The molecule has 24 heavy (non-hydrogen) atoms. The normalized spacial score (nSPS) is 14.3. The highest BCUT2D eigenvalue weighted by Crippen LogP contribution is 2.38. The minimum Gasteiger partial charge on any atom is -0.493 e. The first kappa shape index (κ1) is 16.8. The number of nitrogens with one attached hydrogen (secondary N) is 1. The van der Waals surface area contributed by atoms with Crippen molar-refractivity contribution in [1.29, 1.82) is 0 Å². The number of fused-ring (bicyclic) bond motifs is 1. The molecule has 1 aliphatic heterocycles. The molecular formula is C17H20ClN3O3. The van der Waals surface area contributed by atoms with Gasteiger partial charge in [-0.3, -0.25) is 9.69 Å². The van der Waals surface area contributed by atoms with Crippen molar-refractivity contribution >= 4 is 11.6 Å². The molecule has 1 aromatic heterocycles. The van der Waals surface area contributed by atoms with Gasteiger partial charge in [0, 0.05) is 26.1 Å². The van der Waals surface area contributed by atoms with Crippen LogP contribution in [0.3, 0.4) is 0 Å². The highest BCUT2D eigenvalue weighted by atomic mass is 35.5. The van der Waals surface area contributed by atoms with Crippen molar-refractivity contribution in [2.24, 2.45) is 0 Å². The van der Waals surface area contributed by atoms with Crippen LogP contribution >= 0.6 is 11.6 Å². The summed E-state index contributed by atoms with van der Waals surface area (Å²) < 4.78 is 10.6. The summed E-state index contributed by atoms with van der Waals surface area (Å²) in [6.45, 7) is 3.82. The van der Waals surface area contributed by atoms with Gasteiger partial charge in [0.2, 0.25) is 0 Å². The molecule has 7 heteroatoms. The van der Waals surface area contributed by atoms with Gasteiger partial charge in [-0.2, -0.15) is 0 Å². The molecule has 0 aliphatic carbocycles. The molecule has 0 spiro atoms. The van der Waals surface area contributed by atoms with E-state index in [1.165, 1.54) is 0 Å². The van der Waals surface area contributed by atoms with Gasteiger partial charge in [-0.05, 0) is 18.6 Å². The molecule has 2 heterocycles. The predicted octanol–water partition coefficient (Wildman–Crippen LogP) is 2.31. The van der Waals surface area contributed by atoms with E-state index in [0.29, 0.717) is 35.4 Å². The van der Waals surface area contributed by atoms with E-state index in [9.17, 15) is 4.79 Å². The maximum absolute atomic E-state index is 12.1. The van der Waals surface area contributed by atoms with Gasteiger partial charge in [-0.15, -0.1) is 0 Å². The molecule has 6 nitrogen and oxygen atoms in total. The molecule has 2 aromatic rings. The fourth-order valence-corrected chi connectivity index (χ4v) is 3.33. The quantitative estimate of drug-likeness (QED) is 0.917. The number of benzene rings is 1. The van der Waals surface area contributed by atoms with E-state index in [4.69, 9.17) is 21.1 Å². The van der Waals surface area contributed by atoms with E-state index in [2.05, 4.69) is 14.9 Å².